The number of carbonyl (C=O) groups is 2. The molecule has 1 amide bonds. The van der Waals surface area contributed by atoms with Gasteiger partial charge < -0.3 is 15.2 Å². The minimum atomic E-state index is -3.79. The van der Waals surface area contributed by atoms with E-state index in [1.165, 1.54) is 4.31 Å². The summed E-state index contributed by atoms with van der Waals surface area (Å²) < 4.78 is 32.6. The average Bonchev–Trinajstić information content (AvgIpc) is 3.03. The number of benzene rings is 1. The molecule has 1 atom stereocenters. The van der Waals surface area contributed by atoms with E-state index in [0.717, 1.165) is 5.56 Å². The van der Waals surface area contributed by atoms with Gasteiger partial charge in [0.05, 0.1) is 11.5 Å². The Bertz CT molecular complexity index is 798. The van der Waals surface area contributed by atoms with Crippen molar-refractivity contribution in [2.75, 3.05) is 26.3 Å². The molecule has 27 heavy (non-hydrogen) atoms. The van der Waals surface area contributed by atoms with E-state index in [1.807, 2.05) is 19.1 Å². The Morgan fingerprint density at radius 2 is 1.89 bits per heavy atom. The first-order valence-corrected chi connectivity index (χ1v) is 10.3. The Kier molecular flexibility index (Phi) is 6.96. The number of nitrogens with one attached hydrogen (secondary N) is 1. The Morgan fingerprint density at radius 3 is 2.48 bits per heavy atom. The van der Waals surface area contributed by atoms with Crippen LogP contribution in [0.1, 0.15) is 29.5 Å². The molecule has 0 aromatic heterocycles. The molecule has 1 unspecified atom stereocenters. The van der Waals surface area contributed by atoms with Crippen LogP contribution in [0.15, 0.2) is 17.0 Å². The highest BCUT2D eigenvalue weighted by Crippen LogP contribution is 2.30. The summed E-state index contributed by atoms with van der Waals surface area (Å²) in [7, 11) is -3.79. The van der Waals surface area contributed by atoms with Crippen LogP contribution in [0, 0.1) is 20.8 Å². The minimum Gasteiger partial charge on any atom is -0.480 e. The summed E-state index contributed by atoms with van der Waals surface area (Å²) in [5.74, 6) is -1.48. The summed E-state index contributed by atoms with van der Waals surface area (Å²) in [6, 6.07) is 2.88. The average molecular weight is 398 g/mol. The van der Waals surface area contributed by atoms with Gasteiger partial charge in [-0.2, -0.15) is 4.31 Å². The van der Waals surface area contributed by atoms with Crippen LogP contribution < -0.4 is 5.32 Å². The molecule has 1 aliphatic heterocycles. The summed E-state index contributed by atoms with van der Waals surface area (Å²) >= 11 is 0. The van der Waals surface area contributed by atoms with Gasteiger partial charge >= 0.3 is 5.97 Å². The quantitative estimate of drug-likeness (QED) is 0.631. The fourth-order valence-electron chi connectivity index (χ4n) is 3.50. The van der Waals surface area contributed by atoms with Gasteiger partial charge in [-0.15, -0.1) is 0 Å². The molecule has 1 saturated heterocycles. The van der Waals surface area contributed by atoms with E-state index in [-0.39, 0.29) is 18.0 Å². The van der Waals surface area contributed by atoms with Gasteiger partial charge in [0.2, 0.25) is 15.9 Å². The molecule has 0 bridgehead atoms. The van der Waals surface area contributed by atoms with Gasteiger partial charge in [-0.1, -0.05) is 17.7 Å². The van der Waals surface area contributed by atoms with Crippen LogP contribution in [0.5, 0.6) is 0 Å². The summed E-state index contributed by atoms with van der Waals surface area (Å²) in [4.78, 5) is 23.1. The standard InChI is InChI=1S/C18H26N2O6S/c1-12-9-13(2)17(14(3)10-12)27(24,25)20-7-4-5-15(20)18(23)19-6-8-26-11-16(21)22/h9-10,15H,4-8,11H2,1-3H3,(H,19,23)(H,21,22). The van der Waals surface area contributed by atoms with E-state index in [1.54, 1.807) is 13.8 Å². The molecule has 1 aromatic carbocycles. The zero-order chi connectivity index (χ0) is 20.2. The number of nitrogens with zero attached hydrogens (tertiary/aromatic N) is 1. The topological polar surface area (TPSA) is 113 Å². The maximum atomic E-state index is 13.2. The number of rotatable bonds is 8. The normalized spacial score (nSPS) is 17.8. The Balaban J connectivity index is 2.11. The highest BCUT2D eigenvalue weighted by molar-refractivity contribution is 7.89. The van der Waals surface area contributed by atoms with Crippen molar-refractivity contribution in [1.29, 1.82) is 0 Å². The van der Waals surface area contributed by atoms with E-state index in [9.17, 15) is 18.0 Å². The number of hydrogen-bond donors (Lipinski definition) is 2. The second-order valence-electron chi connectivity index (χ2n) is 6.74. The second-order valence-corrected chi connectivity index (χ2v) is 8.57. The molecule has 0 saturated carbocycles. The van der Waals surface area contributed by atoms with Crippen molar-refractivity contribution in [3.8, 4) is 0 Å². The van der Waals surface area contributed by atoms with Crippen molar-refractivity contribution in [2.45, 2.75) is 44.6 Å². The van der Waals surface area contributed by atoms with Crippen LogP contribution in [-0.4, -0.2) is 62.1 Å². The van der Waals surface area contributed by atoms with Crippen LogP contribution in [-0.2, 0) is 24.3 Å². The van der Waals surface area contributed by atoms with E-state index in [4.69, 9.17) is 9.84 Å². The first-order chi connectivity index (χ1) is 12.6. The highest BCUT2D eigenvalue weighted by atomic mass is 32.2. The van der Waals surface area contributed by atoms with Crippen molar-refractivity contribution in [1.82, 2.24) is 9.62 Å². The lowest BCUT2D eigenvalue weighted by Gasteiger charge is -2.25. The maximum Gasteiger partial charge on any atom is 0.329 e. The molecule has 2 N–H and O–H groups in total. The number of amides is 1. The first-order valence-electron chi connectivity index (χ1n) is 8.81. The lowest BCUT2D eigenvalue weighted by Crippen LogP contribution is -2.46. The van der Waals surface area contributed by atoms with Crippen LogP contribution in [0.4, 0.5) is 0 Å². The van der Waals surface area contributed by atoms with Gasteiger partial charge in [-0.05, 0) is 44.7 Å². The third kappa shape index (κ3) is 5.06. The number of aryl methyl sites for hydroxylation is 3. The largest absolute Gasteiger partial charge is 0.480 e. The number of carboxylic acid groups (broad SMARTS) is 1. The Labute approximate surface area is 159 Å². The molecule has 1 aliphatic rings. The van der Waals surface area contributed by atoms with Crippen LogP contribution >= 0.6 is 0 Å². The number of carboxylic acids is 1. The molecule has 0 spiro atoms. The highest BCUT2D eigenvalue weighted by Gasteiger charge is 2.40. The SMILES string of the molecule is Cc1cc(C)c(S(=O)(=O)N2CCCC2C(=O)NCCOCC(=O)O)c(C)c1. The summed E-state index contributed by atoms with van der Waals surface area (Å²) in [6.07, 6.45) is 1.06. The van der Waals surface area contributed by atoms with Gasteiger partial charge in [0.1, 0.15) is 12.6 Å². The van der Waals surface area contributed by atoms with E-state index in [0.29, 0.717) is 30.5 Å². The fourth-order valence-corrected chi connectivity index (χ4v) is 5.58. The van der Waals surface area contributed by atoms with Crippen molar-refractivity contribution < 1.29 is 27.9 Å². The molecule has 0 radical (unpaired) electrons. The Morgan fingerprint density at radius 1 is 1.26 bits per heavy atom. The van der Waals surface area contributed by atoms with Crippen molar-refractivity contribution >= 4 is 21.9 Å². The summed E-state index contributed by atoms with van der Waals surface area (Å²) in [5.41, 5.74) is 2.32. The molecule has 1 aromatic rings. The first kappa shape index (κ1) is 21.3. The molecule has 9 heteroatoms. The molecular formula is C18H26N2O6S. The number of carbonyl (C=O) groups excluding carboxylic acids is 1. The van der Waals surface area contributed by atoms with Gasteiger partial charge in [0, 0.05) is 13.1 Å². The van der Waals surface area contributed by atoms with Gasteiger partial charge in [-0.25, -0.2) is 13.2 Å². The van der Waals surface area contributed by atoms with Gasteiger partial charge in [0.25, 0.3) is 0 Å². The predicted molar refractivity (Wildman–Crippen MR) is 99.0 cm³/mol. The molecule has 1 heterocycles. The zero-order valence-electron chi connectivity index (χ0n) is 15.8. The van der Waals surface area contributed by atoms with Crippen LogP contribution in [0.2, 0.25) is 0 Å². The van der Waals surface area contributed by atoms with Crippen molar-refractivity contribution in [2.24, 2.45) is 0 Å². The third-order valence-electron chi connectivity index (χ3n) is 4.45. The van der Waals surface area contributed by atoms with E-state index >= 15 is 0 Å². The zero-order valence-corrected chi connectivity index (χ0v) is 16.6. The predicted octanol–water partition coefficient (Wildman–Crippen LogP) is 0.982. The second kappa shape index (κ2) is 8.81. The molecule has 0 aliphatic carbocycles. The molecule has 1 fully saturated rings. The maximum absolute atomic E-state index is 13.2. The molecular weight excluding hydrogens is 372 g/mol. The van der Waals surface area contributed by atoms with Crippen molar-refractivity contribution in [3.63, 3.8) is 0 Å². The van der Waals surface area contributed by atoms with Gasteiger partial charge in [0.15, 0.2) is 0 Å². The molecule has 8 nitrogen and oxygen atoms in total. The third-order valence-corrected chi connectivity index (χ3v) is 6.66. The fraction of sp³-hybridized carbons (Fsp3) is 0.556. The summed E-state index contributed by atoms with van der Waals surface area (Å²) in [5, 5.41) is 11.1. The van der Waals surface area contributed by atoms with Crippen LogP contribution in [0.3, 0.4) is 0 Å². The van der Waals surface area contributed by atoms with Crippen molar-refractivity contribution in [3.05, 3.63) is 28.8 Å². The van der Waals surface area contributed by atoms with Gasteiger partial charge in [-0.3, -0.25) is 4.79 Å². The number of sulfonamides is 1. The van der Waals surface area contributed by atoms with Crippen LogP contribution in [0.25, 0.3) is 0 Å². The molecule has 2 rings (SSSR count). The molecule has 150 valence electrons. The Hall–Kier alpha value is -1.97. The number of hydrogen-bond acceptors (Lipinski definition) is 5. The smallest absolute Gasteiger partial charge is 0.329 e. The van der Waals surface area contributed by atoms with E-state index in [2.05, 4.69) is 5.32 Å². The number of ether oxygens (including phenoxy) is 1. The number of aliphatic carboxylic acids is 1. The summed E-state index contributed by atoms with van der Waals surface area (Å²) in [6.45, 7) is 5.46. The van der Waals surface area contributed by atoms with E-state index < -0.39 is 34.5 Å². The lowest BCUT2D eigenvalue weighted by atomic mass is 10.1. The monoisotopic (exact) mass is 398 g/mol. The minimum absolute atomic E-state index is 0.0493. The lowest BCUT2D eigenvalue weighted by molar-refractivity contribution is -0.142.